The Labute approximate surface area is 113 Å². The van der Waals surface area contributed by atoms with Crippen molar-refractivity contribution < 1.29 is 14.3 Å². The molecule has 2 rings (SSSR count). The summed E-state index contributed by atoms with van der Waals surface area (Å²) in [5, 5.41) is 12.2. The van der Waals surface area contributed by atoms with Gasteiger partial charge < -0.3 is 10.4 Å². The Morgan fingerprint density at radius 1 is 1.37 bits per heavy atom. The van der Waals surface area contributed by atoms with Gasteiger partial charge in [0.25, 0.3) is 0 Å². The number of carbonyl (C=O) groups is 1. The normalized spacial score (nSPS) is 10.3. The van der Waals surface area contributed by atoms with E-state index in [0.717, 1.165) is 6.07 Å². The number of nitrogens with one attached hydrogen (secondary N) is 1. The first-order chi connectivity index (χ1) is 8.95. The summed E-state index contributed by atoms with van der Waals surface area (Å²) in [6.45, 7) is 1.29. The van der Waals surface area contributed by atoms with Crippen molar-refractivity contribution in [2.75, 3.05) is 5.32 Å². The summed E-state index contributed by atoms with van der Waals surface area (Å²) in [5.74, 6) is -1.31. The first-order valence-electron chi connectivity index (χ1n) is 5.27. The summed E-state index contributed by atoms with van der Waals surface area (Å²) in [6.07, 6.45) is 0. The lowest BCUT2D eigenvalue weighted by Gasteiger charge is -2.06. The first-order valence-corrected chi connectivity index (χ1v) is 5.64. The van der Waals surface area contributed by atoms with Crippen LogP contribution < -0.4 is 5.32 Å². The maximum Gasteiger partial charge on any atom is 0.222 e. The molecular weight excluding hydrogens is 273 g/mol. The zero-order chi connectivity index (χ0) is 14.0. The van der Waals surface area contributed by atoms with E-state index in [-0.39, 0.29) is 29.0 Å². The number of anilines is 1. The molecular formula is C12H9ClFN3O2. The molecule has 0 aliphatic heterocycles. The van der Waals surface area contributed by atoms with Crippen LogP contribution in [-0.2, 0) is 4.79 Å². The summed E-state index contributed by atoms with van der Waals surface area (Å²) >= 11 is 5.78. The van der Waals surface area contributed by atoms with Crippen LogP contribution in [0.2, 0.25) is 5.02 Å². The van der Waals surface area contributed by atoms with E-state index in [0.29, 0.717) is 5.02 Å². The monoisotopic (exact) mass is 281 g/mol. The third-order valence-electron chi connectivity index (χ3n) is 2.19. The zero-order valence-electron chi connectivity index (χ0n) is 9.82. The van der Waals surface area contributed by atoms with Crippen LogP contribution in [0.4, 0.5) is 10.2 Å². The number of carbonyl (C=O) groups excluding carboxylic acids is 1. The van der Waals surface area contributed by atoms with Crippen LogP contribution in [0.25, 0.3) is 11.4 Å². The fourth-order valence-electron chi connectivity index (χ4n) is 1.47. The highest BCUT2D eigenvalue weighted by molar-refractivity contribution is 6.30. The SMILES string of the molecule is CC(=O)Nc1cc(O)nc(-c2cc(Cl)ccc2F)n1. The van der Waals surface area contributed by atoms with Crippen LogP contribution in [0.3, 0.4) is 0 Å². The molecule has 1 aromatic carbocycles. The van der Waals surface area contributed by atoms with Gasteiger partial charge in [0.2, 0.25) is 11.8 Å². The molecule has 0 saturated carbocycles. The second kappa shape index (κ2) is 5.19. The van der Waals surface area contributed by atoms with E-state index in [9.17, 15) is 14.3 Å². The van der Waals surface area contributed by atoms with E-state index in [1.807, 2.05) is 0 Å². The van der Waals surface area contributed by atoms with Crippen molar-refractivity contribution in [1.82, 2.24) is 9.97 Å². The van der Waals surface area contributed by atoms with Crippen LogP contribution in [0.1, 0.15) is 6.92 Å². The molecule has 2 N–H and O–H groups in total. The summed E-state index contributed by atoms with van der Waals surface area (Å²) < 4.78 is 13.7. The molecule has 98 valence electrons. The minimum atomic E-state index is -0.580. The minimum absolute atomic E-state index is 0.0370. The zero-order valence-corrected chi connectivity index (χ0v) is 10.6. The molecule has 0 aliphatic carbocycles. The summed E-state index contributed by atoms with van der Waals surface area (Å²) in [7, 11) is 0. The van der Waals surface area contributed by atoms with Gasteiger partial charge in [-0.05, 0) is 18.2 Å². The van der Waals surface area contributed by atoms with Gasteiger partial charge in [-0.1, -0.05) is 11.6 Å². The Hall–Kier alpha value is -2.21. The van der Waals surface area contributed by atoms with Gasteiger partial charge in [0.1, 0.15) is 11.6 Å². The number of rotatable bonds is 2. The van der Waals surface area contributed by atoms with Crippen molar-refractivity contribution in [2.45, 2.75) is 6.92 Å². The van der Waals surface area contributed by atoms with Crippen LogP contribution in [-0.4, -0.2) is 21.0 Å². The van der Waals surface area contributed by atoms with Gasteiger partial charge in [-0.15, -0.1) is 0 Å². The molecule has 0 atom stereocenters. The molecule has 0 unspecified atom stereocenters. The van der Waals surface area contributed by atoms with Crippen LogP contribution >= 0.6 is 11.6 Å². The third-order valence-corrected chi connectivity index (χ3v) is 2.42. The van der Waals surface area contributed by atoms with Gasteiger partial charge in [-0.3, -0.25) is 4.79 Å². The quantitative estimate of drug-likeness (QED) is 0.887. The molecule has 0 bridgehead atoms. The number of hydrogen-bond acceptors (Lipinski definition) is 4. The summed E-state index contributed by atoms with van der Waals surface area (Å²) in [6, 6.07) is 5.05. The van der Waals surface area contributed by atoms with E-state index in [4.69, 9.17) is 11.6 Å². The average Bonchev–Trinajstić information content (AvgIpc) is 2.30. The molecule has 0 radical (unpaired) electrons. The molecule has 5 nitrogen and oxygen atoms in total. The fourth-order valence-corrected chi connectivity index (χ4v) is 1.64. The number of aromatic nitrogens is 2. The Morgan fingerprint density at radius 3 is 2.79 bits per heavy atom. The predicted octanol–water partition coefficient (Wildman–Crippen LogP) is 2.60. The summed E-state index contributed by atoms with van der Waals surface area (Å²) in [4.78, 5) is 18.6. The van der Waals surface area contributed by atoms with E-state index < -0.39 is 5.82 Å². The lowest BCUT2D eigenvalue weighted by molar-refractivity contribution is -0.114. The van der Waals surface area contributed by atoms with Gasteiger partial charge >= 0.3 is 0 Å². The summed E-state index contributed by atoms with van der Waals surface area (Å²) in [5.41, 5.74) is 0.0370. The highest BCUT2D eigenvalue weighted by atomic mass is 35.5. The Bertz CT molecular complexity index is 649. The van der Waals surface area contributed by atoms with Crippen molar-refractivity contribution in [1.29, 1.82) is 0 Å². The fraction of sp³-hybridized carbons (Fsp3) is 0.0833. The number of nitrogens with zero attached hydrogens (tertiary/aromatic N) is 2. The smallest absolute Gasteiger partial charge is 0.222 e. The van der Waals surface area contributed by atoms with Crippen molar-refractivity contribution >= 4 is 23.3 Å². The standard InChI is InChI=1S/C12H9ClFN3O2/c1-6(18)15-10-5-11(19)17-12(16-10)8-4-7(13)2-3-9(8)14/h2-5H,1H3,(H2,15,16,17,18,19). The average molecular weight is 282 g/mol. The molecule has 19 heavy (non-hydrogen) atoms. The lowest BCUT2D eigenvalue weighted by atomic mass is 10.2. The van der Waals surface area contributed by atoms with Crippen LogP contribution in [0, 0.1) is 5.82 Å². The molecule has 1 heterocycles. The van der Waals surface area contributed by atoms with E-state index in [1.165, 1.54) is 25.1 Å². The van der Waals surface area contributed by atoms with Crippen molar-refractivity contribution in [3.63, 3.8) is 0 Å². The lowest BCUT2D eigenvalue weighted by Crippen LogP contribution is -2.08. The van der Waals surface area contributed by atoms with E-state index in [1.54, 1.807) is 0 Å². The van der Waals surface area contributed by atoms with Crippen LogP contribution in [0.5, 0.6) is 5.88 Å². The van der Waals surface area contributed by atoms with Gasteiger partial charge in [-0.25, -0.2) is 9.37 Å². The Morgan fingerprint density at radius 2 is 2.11 bits per heavy atom. The highest BCUT2D eigenvalue weighted by Crippen LogP contribution is 2.26. The maximum absolute atomic E-state index is 13.7. The van der Waals surface area contributed by atoms with Gasteiger partial charge in [0.15, 0.2) is 5.82 Å². The van der Waals surface area contributed by atoms with Gasteiger partial charge in [-0.2, -0.15) is 4.98 Å². The molecule has 1 amide bonds. The van der Waals surface area contributed by atoms with Crippen LogP contribution in [0.15, 0.2) is 24.3 Å². The first kappa shape index (κ1) is 13.2. The molecule has 1 aromatic heterocycles. The Balaban J connectivity index is 2.52. The van der Waals surface area contributed by atoms with Crippen molar-refractivity contribution in [3.05, 3.63) is 35.1 Å². The molecule has 0 spiro atoms. The number of halogens is 2. The number of hydrogen-bond donors (Lipinski definition) is 2. The second-order valence-corrected chi connectivity index (χ2v) is 4.18. The van der Waals surface area contributed by atoms with E-state index in [2.05, 4.69) is 15.3 Å². The van der Waals surface area contributed by atoms with Gasteiger partial charge in [0, 0.05) is 18.0 Å². The maximum atomic E-state index is 13.7. The molecule has 2 aromatic rings. The Kier molecular flexibility index (Phi) is 3.62. The minimum Gasteiger partial charge on any atom is -0.493 e. The van der Waals surface area contributed by atoms with Crippen molar-refractivity contribution in [3.8, 4) is 17.3 Å². The highest BCUT2D eigenvalue weighted by Gasteiger charge is 2.12. The number of benzene rings is 1. The van der Waals surface area contributed by atoms with Gasteiger partial charge in [0.05, 0.1) is 5.56 Å². The molecule has 0 fully saturated rings. The topological polar surface area (TPSA) is 75.1 Å². The van der Waals surface area contributed by atoms with Crippen molar-refractivity contribution in [2.24, 2.45) is 0 Å². The predicted molar refractivity (Wildman–Crippen MR) is 68.4 cm³/mol. The van der Waals surface area contributed by atoms with E-state index >= 15 is 0 Å². The number of amides is 1. The molecule has 0 saturated heterocycles. The molecule has 0 aliphatic rings. The largest absolute Gasteiger partial charge is 0.493 e. The molecule has 7 heteroatoms. The third kappa shape index (κ3) is 3.17. The number of aromatic hydroxyl groups is 1. The second-order valence-electron chi connectivity index (χ2n) is 3.74.